The summed E-state index contributed by atoms with van der Waals surface area (Å²) in [6.45, 7) is 0.400. The van der Waals surface area contributed by atoms with Crippen LogP contribution in [0.15, 0.2) is 54.6 Å². The minimum absolute atomic E-state index is 0.0892. The maximum absolute atomic E-state index is 13.8. The average molecular weight is 439 g/mol. The Morgan fingerprint density at radius 3 is 2.19 bits per heavy atom. The van der Waals surface area contributed by atoms with E-state index in [0.717, 1.165) is 28.8 Å². The van der Waals surface area contributed by atoms with Crippen LogP contribution in [-0.4, -0.2) is 38.7 Å². The molecule has 0 unspecified atom stereocenters. The van der Waals surface area contributed by atoms with Gasteiger partial charge in [-0.3, -0.25) is 4.79 Å². The molecule has 0 spiro atoms. The van der Waals surface area contributed by atoms with Crippen LogP contribution in [0.3, 0.4) is 0 Å². The zero-order valence-electron chi connectivity index (χ0n) is 18.0. The van der Waals surface area contributed by atoms with Gasteiger partial charge in [0.05, 0.1) is 27.4 Å². The Balaban J connectivity index is 1.84. The first-order valence-electron chi connectivity index (χ1n) is 10.1. The SMILES string of the molecule is COc1ccc([C@@H]2c3cc(OC)c(OC)cc3CCN2C(=O)c2ccc(F)c(F)c2)cc1. The molecule has 5 nitrogen and oxygen atoms in total. The van der Waals surface area contributed by atoms with E-state index in [0.29, 0.717) is 30.2 Å². The third-order valence-corrected chi connectivity index (χ3v) is 5.73. The van der Waals surface area contributed by atoms with Crippen molar-refractivity contribution in [3.8, 4) is 17.2 Å². The summed E-state index contributed by atoms with van der Waals surface area (Å²) >= 11 is 0. The summed E-state index contributed by atoms with van der Waals surface area (Å²) in [6.07, 6.45) is 0.581. The van der Waals surface area contributed by atoms with Crippen LogP contribution in [0.2, 0.25) is 0 Å². The second-order valence-corrected chi connectivity index (χ2v) is 7.46. The van der Waals surface area contributed by atoms with Crippen LogP contribution in [0.1, 0.15) is 33.1 Å². The maximum atomic E-state index is 13.8. The molecule has 0 fully saturated rings. The minimum Gasteiger partial charge on any atom is -0.497 e. The van der Waals surface area contributed by atoms with E-state index >= 15 is 0 Å². The lowest BCUT2D eigenvalue weighted by atomic mass is 9.87. The monoisotopic (exact) mass is 439 g/mol. The van der Waals surface area contributed by atoms with Crippen molar-refractivity contribution < 1.29 is 27.8 Å². The highest BCUT2D eigenvalue weighted by Gasteiger charge is 2.34. The highest BCUT2D eigenvalue weighted by molar-refractivity contribution is 5.95. The molecule has 1 aliphatic rings. The number of ether oxygens (including phenoxy) is 3. The van der Waals surface area contributed by atoms with Gasteiger partial charge in [0.1, 0.15) is 5.75 Å². The van der Waals surface area contributed by atoms with Crippen molar-refractivity contribution in [2.45, 2.75) is 12.5 Å². The van der Waals surface area contributed by atoms with E-state index in [2.05, 4.69) is 0 Å². The summed E-state index contributed by atoms with van der Waals surface area (Å²) in [6, 6.07) is 14.0. The van der Waals surface area contributed by atoms with E-state index in [-0.39, 0.29) is 11.5 Å². The maximum Gasteiger partial charge on any atom is 0.254 e. The Morgan fingerprint density at radius 1 is 0.875 bits per heavy atom. The lowest BCUT2D eigenvalue weighted by molar-refractivity contribution is 0.0693. The zero-order chi connectivity index (χ0) is 22.8. The molecule has 4 rings (SSSR count). The number of nitrogens with zero attached hydrogens (tertiary/aromatic N) is 1. The van der Waals surface area contributed by atoms with E-state index < -0.39 is 17.7 Å². The van der Waals surface area contributed by atoms with Crippen molar-refractivity contribution >= 4 is 5.91 Å². The van der Waals surface area contributed by atoms with Crippen LogP contribution in [0, 0.1) is 11.6 Å². The first-order chi connectivity index (χ1) is 15.5. The second-order valence-electron chi connectivity index (χ2n) is 7.46. The first-order valence-corrected chi connectivity index (χ1v) is 10.1. The van der Waals surface area contributed by atoms with Crippen molar-refractivity contribution in [1.29, 1.82) is 0 Å². The lowest BCUT2D eigenvalue weighted by Crippen LogP contribution is -2.40. The fourth-order valence-electron chi connectivity index (χ4n) is 4.11. The smallest absolute Gasteiger partial charge is 0.254 e. The molecule has 0 saturated heterocycles. The predicted molar refractivity (Wildman–Crippen MR) is 115 cm³/mol. The largest absolute Gasteiger partial charge is 0.497 e. The van der Waals surface area contributed by atoms with Gasteiger partial charge in [-0.1, -0.05) is 12.1 Å². The molecule has 3 aromatic rings. The normalized spacial score (nSPS) is 15.2. The molecule has 1 heterocycles. The van der Waals surface area contributed by atoms with Crippen LogP contribution in [0.25, 0.3) is 0 Å². The summed E-state index contributed by atoms with van der Waals surface area (Å²) in [5, 5.41) is 0. The van der Waals surface area contributed by atoms with Crippen molar-refractivity contribution in [1.82, 2.24) is 4.90 Å². The van der Waals surface area contributed by atoms with Gasteiger partial charge in [0, 0.05) is 12.1 Å². The van der Waals surface area contributed by atoms with Gasteiger partial charge in [0.15, 0.2) is 23.1 Å². The molecule has 0 aliphatic carbocycles. The number of hydrogen-bond donors (Lipinski definition) is 0. The minimum atomic E-state index is -1.05. The van der Waals surface area contributed by atoms with Crippen LogP contribution >= 0.6 is 0 Å². The van der Waals surface area contributed by atoms with E-state index in [1.807, 2.05) is 36.4 Å². The number of halogens is 2. The van der Waals surface area contributed by atoms with Gasteiger partial charge >= 0.3 is 0 Å². The molecule has 0 aromatic heterocycles. The third-order valence-electron chi connectivity index (χ3n) is 5.73. The number of amides is 1. The van der Waals surface area contributed by atoms with Gasteiger partial charge in [0.2, 0.25) is 0 Å². The molecule has 1 aliphatic heterocycles. The second kappa shape index (κ2) is 8.86. The van der Waals surface area contributed by atoms with Crippen molar-refractivity contribution in [3.63, 3.8) is 0 Å². The number of methoxy groups -OCH3 is 3. The molecule has 0 N–H and O–H groups in total. The Morgan fingerprint density at radius 2 is 1.56 bits per heavy atom. The summed E-state index contributed by atoms with van der Waals surface area (Å²) in [7, 11) is 4.72. The molecule has 7 heteroatoms. The highest BCUT2D eigenvalue weighted by atomic mass is 19.2. The van der Waals surface area contributed by atoms with Crippen LogP contribution in [-0.2, 0) is 6.42 Å². The first kappa shape index (κ1) is 21.6. The Labute approximate surface area is 185 Å². The highest BCUT2D eigenvalue weighted by Crippen LogP contribution is 2.41. The molecule has 0 saturated carbocycles. The van der Waals surface area contributed by atoms with Gasteiger partial charge in [-0.2, -0.15) is 0 Å². The number of fused-ring (bicyclic) bond motifs is 1. The van der Waals surface area contributed by atoms with Crippen molar-refractivity contribution in [3.05, 3.63) is 88.5 Å². The van der Waals surface area contributed by atoms with Gasteiger partial charge in [-0.05, 0) is 65.6 Å². The molecular weight excluding hydrogens is 416 g/mol. The summed E-state index contributed by atoms with van der Waals surface area (Å²) in [5.41, 5.74) is 2.86. The van der Waals surface area contributed by atoms with Gasteiger partial charge < -0.3 is 19.1 Å². The fourth-order valence-corrected chi connectivity index (χ4v) is 4.11. The molecule has 0 bridgehead atoms. The van der Waals surface area contributed by atoms with E-state index in [1.165, 1.54) is 6.07 Å². The van der Waals surface area contributed by atoms with Gasteiger partial charge in [-0.25, -0.2) is 8.78 Å². The zero-order valence-corrected chi connectivity index (χ0v) is 18.0. The Hall–Kier alpha value is -3.61. The van der Waals surface area contributed by atoms with Gasteiger partial charge in [0.25, 0.3) is 5.91 Å². The average Bonchev–Trinajstić information content (AvgIpc) is 2.83. The number of benzene rings is 3. The lowest BCUT2D eigenvalue weighted by Gasteiger charge is -2.38. The number of rotatable bonds is 5. The van der Waals surface area contributed by atoms with Crippen LogP contribution in [0.5, 0.6) is 17.2 Å². The molecule has 166 valence electrons. The number of carbonyl (C=O) groups is 1. The van der Waals surface area contributed by atoms with E-state index in [9.17, 15) is 13.6 Å². The van der Waals surface area contributed by atoms with Gasteiger partial charge in [-0.15, -0.1) is 0 Å². The van der Waals surface area contributed by atoms with E-state index in [4.69, 9.17) is 14.2 Å². The number of hydrogen-bond acceptors (Lipinski definition) is 4. The van der Waals surface area contributed by atoms with Crippen LogP contribution < -0.4 is 14.2 Å². The molecule has 1 atom stereocenters. The standard InChI is InChI=1S/C25H23F2NO4/c1-30-18-7-4-15(5-8-18)24-19-14-23(32-3)22(31-2)13-16(19)10-11-28(24)25(29)17-6-9-20(26)21(27)12-17/h4-9,12-14,24H,10-11H2,1-3H3/t24-/m1/s1. The Kier molecular flexibility index (Phi) is 5.99. The summed E-state index contributed by atoms with van der Waals surface area (Å²) < 4.78 is 43.5. The topological polar surface area (TPSA) is 48.0 Å². The van der Waals surface area contributed by atoms with Crippen molar-refractivity contribution in [2.75, 3.05) is 27.9 Å². The van der Waals surface area contributed by atoms with Crippen molar-refractivity contribution in [2.24, 2.45) is 0 Å². The summed E-state index contributed by atoms with van der Waals surface area (Å²) in [4.78, 5) is 15.1. The summed E-state index contributed by atoms with van der Waals surface area (Å²) in [5.74, 6) is -0.581. The third kappa shape index (κ3) is 3.86. The fraction of sp³-hybridized carbons (Fsp3) is 0.240. The van der Waals surface area contributed by atoms with E-state index in [1.54, 1.807) is 26.2 Å². The molecule has 32 heavy (non-hydrogen) atoms. The molecular formula is C25H23F2NO4. The van der Waals surface area contributed by atoms with Crippen LogP contribution in [0.4, 0.5) is 8.78 Å². The molecule has 1 amide bonds. The Bertz CT molecular complexity index is 1150. The molecule has 0 radical (unpaired) electrons. The number of carbonyl (C=O) groups excluding carboxylic acids is 1. The quantitative estimate of drug-likeness (QED) is 0.574. The molecule has 3 aromatic carbocycles. The predicted octanol–water partition coefficient (Wildman–Crippen LogP) is 4.78.